The van der Waals surface area contributed by atoms with Gasteiger partial charge in [0, 0.05) is 11.1 Å². The number of terminal acetylenes is 1. The van der Waals surface area contributed by atoms with Crippen molar-refractivity contribution < 1.29 is 9.47 Å². The molecule has 2 nitrogen and oxygen atoms in total. The molecule has 0 aliphatic carbocycles. The lowest BCUT2D eigenvalue weighted by molar-refractivity contribution is 0.0633. The number of rotatable bonds is 5. The maximum absolute atomic E-state index is 5.39. The third-order valence-electron chi connectivity index (χ3n) is 1.34. The van der Waals surface area contributed by atoms with Gasteiger partial charge in [-0.2, -0.15) is 0 Å². The molecule has 0 bridgehead atoms. The molecule has 0 aromatic rings. The highest BCUT2D eigenvalue weighted by atomic mass is 35.5. The SMILES string of the molecule is C#COCC.CC(C=CCl)OC(C)C=CCl. The van der Waals surface area contributed by atoms with Crippen molar-refractivity contribution in [3.63, 3.8) is 0 Å². The summed E-state index contributed by atoms with van der Waals surface area (Å²) in [6.07, 6.45) is 10.3. The third kappa shape index (κ3) is 15.8. The van der Waals surface area contributed by atoms with Gasteiger partial charge in [0.15, 0.2) is 0 Å². The Bertz CT molecular complexity index is 216. The second-order valence-electron chi connectivity index (χ2n) is 2.73. The molecular formula is C12H18Cl2O2. The van der Waals surface area contributed by atoms with E-state index in [0.29, 0.717) is 6.61 Å². The molecule has 0 saturated heterocycles. The van der Waals surface area contributed by atoms with Crippen LogP contribution in [0.1, 0.15) is 20.8 Å². The van der Waals surface area contributed by atoms with Crippen molar-refractivity contribution in [2.45, 2.75) is 33.0 Å². The van der Waals surface area contributed by atoms with Crippen LogP contribution in [0.15, 0.2) is 23.2 Å². The number of halogens is 2. The van der Waals surface area contributed by atoms with E-state index < -0.39 is 0 Å². The molecule has 2 unspecified atom stereocenters. The number of hydrogen-bond donors (Lipinski definition) is 0. The fourth-order valence-electron chi connectivity index (χ4n) is 0.718. The molecular weight excluding hydrogens is 247 g/mol. The average molecular weight is 265 g/mol. The van der Waals surface area contributed by atoms with Gasteiger partial charge in [0.05, 0.1) is 18.8 Å². The fraction of sp³-hybridized carbons (Fsp3) is 0.500. The van der Waals surface area contributed by atoms with Crippen LogP contribution >= 0.6 is 23.2 Å². The van der Waals surface area contributed by atoms with Crippen LogP contribution in [0.3, 0.4) is 0 Å². The first-order valence-electron chi connectivity index (χ1n) is 4.88. The van der Waals surface area contributed by atoms with Gasteiger partial charge in [0.2, 0.25) is 0 Å². The Kier molecular flexibility index (Phi) is 16.0. The van der Waals surface area contributed by atoms with E-state index in [1.54, 1.807) is 12.2 Å². The van der Waals surface area contributed by atoms with Crippen molar-refractivity contribution in [3.8, 4) is 12.5 Å². The first kappa shape index (κ1) is 17.8. The summed E-state index contributed by atoms with van der Waals surface area (Å²) in [5.41, 5.74) is 2.89. The van der Waals surface area contributed by atoms with Crippen molar-refractivity contribution in [1.82, 2.24) is 0 Å². The van der Waals surface area contributed by atoms with Crippen LogP contribution in [0.2, 0.25) is 0 Å². The quantitative estimate of drug-likeness (QED) is 0.702. The lowest BCUT2D eigenvalue weighted by Crippen LogP contribution is -2.12. The summed E-state index contributed by atoms with van der Waals surface area (Å²) < 4.78 is 9.75. The molecule has 4 heteroatoms. The normalized spacial score (nSPS) is 14.0. The van der Waals surface area contributed by atoms with E-state index in [0.717, 1.165) is 0 Å². The zero-order valence-electron chi connectivity index (χ0n) is 9.82. The minimum absolute atomic E-state index is 0.0235. The van der Waals surface area contributed by atoms with Crippen molar-refractivity contribution >= 4 is 23.2 Å². The van der Waals surface area contributed by atoms with Gasteiger partial charge < -0.3 is 9.47 Å². The van der Waals surface area contributed by atoms with E-state index in [4.69, 9.17) is 27.9 Å². The molecule has 0 aromatic carbocycles. The Morgan fingerprint density at radius 2 is 1.62 bits per heavy atom. The van der Waals surface area contributed by atoms with Crippen molar-refractivity contribution in [1.29, 1.82) is 0 Å². The Labute approximate surface area is 108 Å². The van der Waals surface area contributed by atoms with E-state index in [1.165, 1.54) is 11.1 Å². The van der Waals surface area contributed by atoms with Crippen LogP contribution in [-0.2, 0) is 9.47 Å². The summed E-state index contributed by atoms with van der Waals surface area (Å²) in [5.74, 6) is 0. The summed E-state index contributed by atoms with van der Waals surface area (Å²) in [6, 6.07) is 0. The number of ether oxygens (including phenoxy) is 2. The molecule has 0 saturated carbocycles. The summed E-state index contributed by atoms with van der Waals surface area (Å²) >= 11 is 10.7. The van der Waals surface area contributed by atoms with Crippen LogP contribution in [-0.4, -0.2) is 18.8 Å². The Morgan fingerprint density at radius 1 is 1.19 bits per heavy atom. The van der Waals surface area contributed by atoms with Gasteiger partial charge in [-0.3, -0.25) is 0 Å². The molecule has 0 aliphatic heterocycles. The summed E-state index contributed by atoms with van der Waals surface area (Å²) in [6.45, 7) is 6.28. The molecule has 0 fully saturated rings. The van der Waals surface area contributed by atoms with Gasteiger partial charge in [-0.25, -0.2) is 0 Å². The lowest BCUT2D eigenvalue weighted by Gasteiger charge is -2.12. The van der Waals surface area contributed by atoms with Gasteiger partial charge in [0.1, 0.15) is 6.11 Å². The van der Waals surface area contributed by atoms with E-state index >= 15 is 0 Å². The number of hydrogen-bond acceptors (Lipinski definition) is 2. The Morgan fingerprint density at radius 3 is 1.81 bits per heavy atom. The van der Waals surface area contributed by atoms with Crippen molar-refractivity contribution in [2.75, 3.05) is 6.61 Å². The van der Waals surface area contributed by atoms with Crippen molar-refractivity contribution in [2.24, 2.45) is 0 Å². The first-order valence-corrected chi connectivity index (χ1v) is 5.76. The van der Waals surface area contributed by atoms with Gasteiger partial charge in [-0.1, -0.05) is 29.6 Å². The smallest absolute Gasteiger partial charge is 0.106 e. The second-order valence-corrected chi connectivity index (χ2v) is 3.24. The molecule has 16 heavy (non-hydrogen) atoms. The molecule has 0 spiro atoms. The Balaban J connectivity index is 0. The van der Waals surface area contributed by atoms with E-state index in [1.807, 2.05) is 26.9 Å². The Hall–Kier alpha value is -0.620. The molecule has 0 aliphatic rings. The highest BCUT2D eigenvalue weighted by Gasteiger charge is 2.00. The summed E-state index contributed by atoms with van der Waals surface area (Å²) in [7, 11) is 0. The zero-order valence-corrected chi connectivity index (χ0v) is 11.3. The fourth-order valence-corrected chi connectivity index (χ4v) is 1.13. The summed E-state index contributed by atoms with van der Waals surface area (Å²) in [5, 5.41) is 0. The molecule has 0 N–H and O–H groups in total. The van der Waals surface area contributed by atoms with Crippen LogP contribution in [0.25, 0.3) is 0 Å². The third-order valence-corrected chi connectivity index (χ3v) is 1.64. The first-order chi connectivity index (χ1) is 7.62. The molecule has 2 atom stereocenters. The van der Waals surface area contributed by atoms with Crippen LogP contribution in [0.4, 0.5) is 0 Å². The van der Waals surface area contributed by atoms with E-state index in [9.17, 15) is 0 Å². The van der Waals surface area contributed by atoms with Gasteiger partial charge in [-0.05, 0) is 32.9 Å². The monoisotopic (exact) mass is 264 g/mol. The molecule has 0 radical (unpaired) electrons. The van der Waals surface area contributed by atoms with Crippen molar-refractivity contribution in [3.05, 3.63) is 23.2 Å². The highest BCUT2D eigenvalue weighted by Crippen LogP contribution is 2.02. The largest absolute Gasteiger partial charge is 0.447 e. The van der Waals surface area contributed by atoms with E-state index in [-0.39, 0.29) is 12.2 Å². The molecule has 0 heterocycles. The average Bonchev–Trinajstić information content (AvgIpc) is 2.20. The maximum Gasteiger partial charge on any atom is 0.106 e. The maximum atomic E-state index is 5.39. The van der Waals surface area contributed by atoms with Gasteiger partial charge in [0.25, 0.3) is 0 Å². The van der Waals surface area contributed by atoms with Crippen LogP contribution in [0.5, 0.6) is 0 Å². The van der Waals surface area contributed by atoms with Gasteiger partial charge in [-0.15, -0.1) is 0 Å². The standard InChI is InChI=1S/C8H12Cl2O.C4H6O/c1-7(3-5-9)11-8(2)4-6-10;1-3-5-4-2/h3-8H,1-2H3;1H,4H2,2H3. The molecule has 0 aromatic heterocycles. The van der Waals surface area contributed by atoms with Gasteiger partial charge >= 0.3 is 0 Å². The topological polar surface area (TPSA) is 18.5 Å². The molecule has 92 valence electrons. The minimum Gasteiger partial charge on any atom is -0.447 e. The molecule has 0 amide bonds. The van der Waals surface area contributed by atoms with E-state index in [2.05, 4.69) is 11.2 Å². The zero-order chi connectivity index (χ0) is 12.8. The predicted molar refractivity (Wildman–Crippen MR) is 70.5 cm³/mol. The second kappa shape index (κ2) is 14.4. The minimum atomic E-state index is 0.0235. The lowest BCUT2D eigenvalue weighted by atomic mass is 10.3. The summed E-state index contributed by atoms with van der Waals surface area (Å²) in [4.78, 5) is 0. The predicted octanol–water partition coefficient (Wildman–Crippen LogP) is 3.90. The molecule has 0 rings (SSSR count). The van der Waals surface area contributed by atoms with Crippen LogP contribution < -0.4 is 0 Å². The van der Waals surface area contributed by atoms with Crippen LogP contribution in [0, 0.1) is 12.5 Å². The highest BCUT2D eigenvalue weighted by molar-refractivity contribution is 6.25.